The summed E-state index contributed by atoms with van der Waals surface area (Å²) in [5.41, 5.74) is 2.85. The van der Waals surface area contributed by atoms with Gasteiger partial charge in [-0.3, -0.25) is 4.79 Å². The van der Waals surface area contributed by atoms with Gasteiger partial charge in [0, 0.05) is 25.4 Å². The monoisotopic (exact) mass is 412 g/mol. The Labute approximate surface area is 181 Å². The predicted octanol–water partition coefficient (Wildman–Crippen LogP) is 3.33. The molecule has 2 N–H and O–H groups in total. The molecule has 0 saturated heterocycles. The largest absolute Gasteiger partial charge is 0.368 e. The Morgan fingerprint density at radius 3 is 2.23 bits per heavy atom. The van der Waals surface area contributed by atoms with Gasteiger partial charge in [-0.15, -0.1) is 0 Å². The summed E-state index contributed by atoms with van der Waals surface area (Å²) >= 11 is 0. The van der Waals surface area contributed by atoms with Gasteiger partial charge in [0.15, 0.2) is 5.82 Å². The third-order valence-electron chi connectivity index (χ3n) is 4.87. The number of hydrogen-bond acceptors (Lipinski definition) is 5. The van der Waals surface area contributed by atoms with Crippen LogP contribution in [0.4, 0.5) is 5.82 Å². The Hall–Kier alpha value is -4.00. The first-order valence-electron chi connectivity index (χ1n) is 10.2. The Morgan fingerprint density at radius 1 is 0.935 bits per heavy atom. The fourth-order valence-corrected chi connectivity index (χ4v) is 3.38. The van der Waals surface area contributed by atoms with Crippen LogP contribution in [0, 0.1) is 6.92 Å². The minimum absolute atomic E-state index is 0.0328. The van der Waals surface area contributed by atoms with E-state index in [1.807, 2.05) is 85.9 Å². The Bertz CT molecular complexity index is 1090. The summed E-state index contributed by atoms with van der Waals surface area (Å²) in [5, 5.41) is 10.6. The van der Waals surface area contributed by atoms with E-state index in [-0.39, 0.29) is 11.8 Å². The highest BCUT2D eigenvalue weighted by Gasteiger charge is 2.21. The topological polar surface area (TPSA) is 84.7 Å². The van der Waals surface area contributed by atoms with Crippen molar-refractivity contribution < 1.29 is 4.79 Å². The molecule has 4 rings (SSSR count). The number of carbonyl (C=O) groups excluding carboxylic acids is 1. The van der Waals surface area contributed by atoms with Gasteiger partial charge in [-0.1, -0.05) is 60.7 Å². The molecular formula is C24H24N6O. The van der Waals surface area contributed by atoms with Gasteiger partial charge in [0.25, 0.3) is 0 Å². The van der Waals surface area contributed by atoms with Crippen molar-refractivity contribution in [1.29, 1.82) is 0 Å². The SMILES string of the molecule is Cc1ccn(-c2cc(NCCNC(=O)C(c3ccccc3)c3ccccc3)ncn2)n1. The first-order valence-corrected chi connectivity index (χ1v) is 10.2. The molecule has 7 heteroatoms. The third-order valence-corrected chi connectivity index (χ3v) is 4.87. The van der Waals surface area contributed by atoms with Gasteiger partial charge < -0.3 is 10.6 Å². The van der Waals surface area contributed by atoms with E-state index in [1.54, 1.807) is 4.68 Å². The average molecular weight is 412 g/mol. The second kappa shape index (κ2) is 9.67. The zero-order chi connectivity index (χ0) is 21.5. The van der Waals surface area contributed by atoms with Gasteiger partial charge in [0.1, 0.15) is 12.1 Å². The van der Waals surface area contributed by atoms with Gasteiger partial charge in [-0.25, -0.2) is 14.6 Å². The van der Waals surface area contributed by atoms with Crippen molar-refractivity contribution in [2.75, 3.05) is 18.4 Å². The van der Waals surface area contributed by atoms with Gasteiger partial charge in [0.05, 0.1) is 11.6 Å². The molecule has 2 heterocycles. The molecule has 0 unspecified atom stereocenters. The van der Waals surface area contributed by atoms with E-state index in [0.29, 0.717) is 24.7 Å². The van der Waals surface area contributed by atoms with Crippen molar-refractivity contribution in [1.82, 2.24) is 25.1 Å². The predicted molar refractivity (Wildman–Crippen MR) is 120 cm³/mol. The Kier molecular flexibility index (Phi) is 6.32. The molecule has 0 radical (unpaired) electrons. The molecule has 0 aliphatic carbocycles. The number of amides is 1. The quantitative estimate of drug-likeness (QED) is 0.434. The molecule has 2 aromatic carbocycles. The molecule has 0 bridgehead atoms. The maximum atomic E-state index is 13.0. The molecule has 0 aliphatic rings. The summed E-state index contributed by atoms with van der Waals surface area (Å²) in [4.78, 5) is 21.5. The fourth-order valence-electron chi connectivity index (χ4n) is 3.38. The highest BCUT2D eigenvalue weighted by atomic mass is 16.1. The maximum absolute atomic E-state index is 13.0. The number of rotatable bonds is 8. The molecule has 4 aromatic rings. The molecule has 7 nitrogen and oxygen atoms in total. The Morgan fingerprint density at radius 2 is 1.61 bits per heavy atom. The summed E-state index contributed by atoms with van der Waals surface area (Å²) in [6.07, 6.45) is 3.35. The van der Waals surface area contributed by atoms with Crippen molar-refractivity contribution in [2.45, 2.75) is 12.8 Å². The summed E-state index contributed by atoms with van der Waals surface area (Å²) < 4.78 is 1.70. The highest BCUT2D eigenvalue weighted by Crippen LogP contribution is 2.24. The van der Waals surface area contributed by atoms with Crippen molar-refractivity contribution in [3.05, 3.63) is 102 Å². The van der Waals surface area contributed by atoms with Gasteiger partial charge >= 0.3 is 0 Å². The van der Waals surface area contributed by atoms with Gasteiger partial charge in [-0.2, -0.15) is 5.10 Å². The number of nitrogens with one attached hydrogen (secondary N) is 2. The maximum Gasteiger partial charge on any atom is 0.232 e. The van der Waals surface area contributed by atoms with Crippen LogP contribution in [0.5, 0.6) is 0 Å². The fraction of sp³-hybridized carbons (Fsp3) is 0.167. The smallest absolute Gasteiger partial charge is 0.232 e. The number of carbonyl (C=O) groups is 1. The number of hydrogen-bond donors (Lipinski definition) is 2. The normalized spacial score (nSPS) is 10.8. The van der Waals surface area contributed by atoms with Crippen LogP contribution in [0.25, 0.3) is 5.82 Å². The standard InChI is InChI=1S/C24H24N6O/c1-18-12-15-30(29-18)22-16-21(27-17-28-22)25-13-14-26-24(31)23(19-8-4-2-5-9-19)20-10-6-3-7-11-20/h2-12,15-17,23H,13-14H2,1H3,(H,26,31)(H,25,27,28). The first kappa shape index (κ1) is 20.3. The minimum Gasteiger partial charge on any atom is -0.368 e. The molecule has 2 aromatic heterocycles. The van der Waals surface area contributed by atoms with E-state index < -0.39 is 0 Å². The van der Waals surface area contributed by atoms with E-state index >= 15 is 0 Å². The van der Waals surface area contributed by atoms with Crippen molar-refractivity contribution in [3.8, 4) is 5.82 Å². The highest BCUT2D eigenvalue weighted by molar-refractivity contribution is 5.87. The molecule has 0 aliphatic heterocycles. The second-order valence-corrected chi connectivity index (χ2v) is 7.14. The van der Waals surface area contributed by atoms with Crippen LogP contribution < -0.4 is 10.6 Å². The van der Waals surface area contributed by atoms with E-state index in [2.05, 4.69) is 25.7 Å². The summed E-state index contributed by atoms with van der Waals surface area (Å²) in [6.45, 7) is 2.93. The van der Waals surface area contributed by atoms with E-state index in [9.17, 15) is 4.79 Å². The minimum atomic E-state index is -0.351. The third kappa shape index (κ3) is 5.14. The molecule has 0 fully saturated rings. The van der Waals surface area contributed by atoms with E-state index in [1.165, 1.54) is 6.33 Å². The average Bonchev–Trinajstić information content (AvgIpc) is 3.25. The molecule has 0 saturated carbocycles. The van der Waals surface area contributed by atoms with Crippen LogP contribution in [0.3, 0.4) is 0 Å². The van der Waals surface area contributed by atoms with E-state index in [0.717, 1.165) is 16.8 Å². The van der Waals surface area contributed by atoms with Crippen LogP contribution in [0.1, 0.15) is 22.7 Å². The summed E-state index contributed by atoms with van der Waals surface area (Å²) in [6, 6.07) is 23.4. The number of benzene rings is 2. The van der Waals surface area contributed by atoms with Gasteiger partial charge in [-0.05, 0) is 24.1 Å². The molecule has 0 atom stereocenters. The first-order chi connectivity index (χ1) is 15.2. The van der Waals surface area contributed by atoms with Crippen LogP contribution in [0.2, 0.25) is 0 Å². The number of nitrogens with zero attached hydrogens (tertiary/aromatic N) is 4. The number of aryl methyl sites for hydroxylation is 1. The lowest BCUT2D eigenvalue weighted by Crippen LogP contribution is -2.33. The summed E-state index contributed by atoms with van der Waals surface area (Å²) in [7, 11) is 0. The summed E-state index contributed by atoms with van der Waals surface area (Å²) in [5.74, 6) is 0.976. The van der Waals surface area contributed by atoms with Crippen molar-refractivity contribution >= 4 is 11.7 Å². The van der Waals surface area contributed by atoms with Crippen molar-refractivity contribution in [2.24, 2.45) is 0 Å². The number of aromatic nitrogens is 4. The molecule has 1 amide bonds. The zero-order valence-electron chi connectivity index (χ0n) is 17.3. The number of anilines is 1. The lowest BCUT2D eigenvalue weighted by Gasteiger charge is -2.18. The zero-order valence-corrected chi connectivity index (χ0v) is 17.3. The lowest BCUT2D eigenvalue weighted by atomic mass is 9.90. The van der Waals surface area contributed by atoms with E-state index in [4.69, 9.17) is 0 Å². The Balaban J connectivity index is 1.37. The van der Waals surface area contributed by atoms with Crippen LogP contribution in [0.15, 0.2) is 85.3 Å². The van der Waals surface area contributed by atoms with Crippen LogP contribution in [-0.4, -0.2) is 38.7 Å². The van der Waals surface area contributed by atoms with Crippen molar-refractivity contribution in [3.63, 3.8) is 0 Å². The molecule has 31 heavy (non-hydrogen) atoms. The van der Waals surface area contributed by atoms with Crippen LogP contribution in [-0.2, 0) is 4.79 Å². The van der Waals surface area contributed by atoms with Crippen LogP contribution >= 0.6 is 0 Å². The lowest BCUT2D eigenvalue weighted by molar-refractivity contribution is -0.121. The molecular weight excluding hydrogens is 388 g/mol. The second-order valence-electron chi connectivity index (χ2n) is 7.14. The van der Waals surface area contributed by atoms with Gasteiger partial charge in [0.2, 0.25) is 5.91 Å². The molecule has 0 spiro atoms. The molecule has 156 valence electrons.